The van der Waals surface area contributed by atoms with E-state index in [9.17, 15) is 9.18 Å². The van der Waals surface area contributed by atoms with E-state index in [2.05, 4.69) is 15.6 Å². The van der Waals surface area contributed by atoms with Crippen molar-refractivity contribution in [1.82, 2.24) is 4.98 Å². The predicted octanol–water partition coefficient (Wildman–Crippen LogP) is 3.56. The maximum Gasteiger partial charge on any atom is 0.255 e. The van der Waals surface area contributed by atoms with Crippen LogP contribution in [-0.4, -0.2) is 17.4 Å². The minimum absolute atomic E-state index is 0.0457. The van der Waals surface area contributed by atoms with E-state index in [1.54, 1.807) is 12.1 Å². The molecular weight excluding hydrogens is 281 g/mol. The van der Waals surface area contributed by atoms with E-state index < -0.39 is 11.7 Å². The van der Waals surface area contributed by atoms with Crippen LogP contribution in [0, 0.1) is 5.82 Å². The third-order valence-electron chi connectivity index (χ3n) is 2.56. The number of benzene rings is 1. The molecule has 0 aliphatic rings. The van der Waals surface area contributed by atoms with Gasteiger partial charge in [0.25, 0.3) is 5.91 Å². The Labute approximate surface area is 121 Å². The van der Waals surface area contributed by atoms with E-state index >= 15 is 0 Å². The van der Waals surface area contributed by atoms with Gasteiger partial charge in [0.2, 0.25) is 0 Å². The Morgan fingerprint density at radius 1 is 1.35 bits per heavy atom. The fourth-order valence-electron chi connectivity index (χ4n) is 1.64. The normalized spacial score (nSPS) is 10.2. The van der Waals surface area contributed by atoms with Crippen LogP contribution in [0.5, 0.6) is 0 Å². The maximum absolute atomic E-state index is 13.5. The molecule has 0 aliphatic carbocycles. The van der Waals surface area contributed by atoms with E-state index in [0.717, 1.165) is 0 Å². The number of carbonyl (C=O) groups excluding carboxylic acids is 1. The number of rotatable bonds is 4. The third-order valence-corrected chi connectivity index (χ3v) is 2.79. The van der Waals surface area contributed by atoms with Gasteiger partial charge in [0.1, 0.15) is 11.6 Å². The van der Waals surface area contributed by atoms with Gasteiger partial charge in [-0.2, -0.15) is 0 Å². The van der Waals surface area contributed by atoms with E-state index in [1.165, 1.54) is 24.4 Å². The SMILES string of the molecule is CCNc1cc(C(=O)Nc2cc(Cl)ccc2F)ccn1. The van der Waals surface area contributed by atoms with Gasteiger partial charge in [-0.1, -0.05) is 11.6 Å². The molecule has 2 rings (SSSR count). The maximum atomic E-state index is 13.5. The monoisotopic (exact) mass is 293 g/mol. The van der Waals surface area contributed by atoms with Crippen molar-refractivity contribution in [1.29, 1.82) is 0 Å². The van der Waals surface area contributed by atoms with Gasteiger partial charge in [-0.3, -0.25) is 4.79 Å². The lowest BCUT2D eigenvalue weighted by molar-refractivity contribution is 0.102. The van der Waals surface area contributed by atoms with Gasteiger partial charge in [-0.15, -0.1) is 0 Å². The van der Waals surface area contributed by atoms with Crippen molar-refractivity contribution < 1.29 is 9.18 Å². The van der Waals surface area contributed by atoms with Gasteiger partial charge < -0.3 is 10.6 Å². The molecule has 0 saturated carbocycles. The Morgan fingerprint density at radius 2 is 2.15 bits per heavy atom. The van der Waals surface area contributed by atoms with Crippen LogP contribution in [0.3, 0.4) is 0 Å². The van der Waals surface area contributed by atoms with Crippen molar-refractivity contribution in [3.05, 3.63) is 52.9 Å². The highest BCUT2D eigenvalue weighted by Crippen LogP contribution is 2.20. The lowest BCUT2D eigenvalue weighted by Crippen LogP contribution is -2.13. The van der Waals surface area contributed by atoms with Crippen LogP contribution in [0.25, 0.3) is 0 Å². The van der Waals surface area contributed by atoms with Crippen LogP contribution in [-0.2, 0) is 0 Å². The number of hydrogen-bond donors (Lipinski definition) is 2. The molecule has 1 aromatic carbocycles. The summed E-state index contributed by atoms with van der Waals surface area (Å²) in [5, 5.41) is 5.84. The number of hydrogen-bond acceptors (Lipinski definition) is 3. The molecule has 0 aliphatic heterocycles. The fraction of sp³-hybridized carbons (Fsp3) is 0.143. The number of anilines is 2. The molecule has 2 N–H and O–H groups in total. The van der Waals surface area contributed by atoms with Gasteiger partial charge in [0.05, 0.1) is 5.69 Å². The minimum Gasteiger partial charge on any atom is -0.370 e. The fourth-order valence-corrected chi connectivity index (χ4v) is 1.81. The number of aromatic nitrogens is 1. The average Bonchev–Trinajstić information content (AvgIpc) is 2.43. The summed E-state index contributed by atoms with van der Waals surface area (Å²) >= 11 is 5.77. The highest BCUT2D eigenvalue weighted by molar-refractivity contribution is 6.31. The number of carbonyl (C=O) groups is 1. The van der Waals surface area contributed by atoms with Crippen molar-refractivity contribution in [3.63, 3.8) is 0 Å². The second-order valence-corrected chi connectivity index (χ2v) is 4.47. The van der Waals surface area contributed by atoms with Crippen molar-refractivity contribution in [3.8, 4) is 0 Å². The molecule has 104 valence electrons. The Kier molecular flexibility index (Phi) is 4.53. The van der Waals surface area contributed by atoms with Crippen LogP contribution < -0.4 is 10.6 Å². The molecule has 0 radical (unpaired) electrons. The molecule has 1 heterocycles. The summed E-state index contributed by atoms with van der Waals surface area (Å²) in [6.45, 7) is 2.62. The second kappa shape index (κ2) is 6.34. The molecule has 4 nitrogen and oxygen atoms in total. The lowest BCUT2D eigenvalue weighted by atomic mass is 10.2. The summed E-state index contributed by atoms with van der Waals surface area (Å²) in [4.78, 5) is 16.1. The van der Waals surface area contributed by atoms with E-state index in [-0.39, 0.29) is 5.69 Å². The standard InChI is InChI=1S/C14H13ClFN3O/c1-2-17-13-7-9(5-6-18-13)14(20)19-12-8-10(15)3-4-11(12)16/h3-8H,2H2,1H3,(H,17,18)(H,19,20). The minimum atomic E-state index is -0.538. The van der Waals surface area contributed by atoms with Gasteiger partial charge in [-0.05, 0) is 37.3 Å². The smallest absolute Gasteiger partial charge is 0.255 e. The van der Waals surface area contributed by atoms with Gasteiger partial charge in [0, 0.05) is 23.3 Å². The Bertz CT molecular complexity index is 634. The van der Waals surface area contributed by atoms with Crippen molar-refractivity contribution in [2.24, 2.45) is 0 Å². The van der Waals surface area contributed by atoms with Crippen LogP contribution >= 0.6 is 11.6 Å². The number of nitrogens with zero attached hydrogens (tertiary/aromatic N) is 1. The predicted molar refractivity (Wildman–Crippen MR) is 77.8 cm³/mol. The summed E-state index contributed by atoms with van der Waals surface area (Å²) in [5.74, 6) is -0.372. The molecule has 0 bridgehead atoms. The quantitative estimate of drug-likeness (QED) is 0.906. The molecule has 1 aromatic heterocycles. The first-order chi connectivity index (χ1) is 9.60. The zero-order valence-corrected chi connectivity index (χ0v) is 11.5. The first-order valence-corrected chi connectivity index (χ1v) is 6.44. The molecule has 0 atom stereocenters. The summed E-state index contributed by atoms with van der Waals surface area (Å²) < 4.78 is 13.5. The zero-order chi connectivity index (χ0) is 14.5. The van der Waals surface area contributed by atoms with E-state index in [0.29, 0.717) is 22.9 Å². The highest BCUT2D eigenvalue weighted by atomic mass is 35.5. The molecule has 0 unspecified atom stereocenters. The number of pyridine rings is 1. The highest BCUT2D eigenvalue weighted by Gasteiger charge is 2.10. The van der Waals surface area contributed by atoms with Gasteiger partial charge in [-0.25, -0.2) is 9.37 Å². The molecule has 0 fully saturated rings. The number of halogens is 2. The molecule has 0 spiro atoms. The second-order valence-electron chi connectivity index (χ2n) is 4.04. The third kappa shape index (κ3) is 3.45. The summed E-state index contributed by atoms with van der Waals surface area (Å²) in [6, 6.07) is 7.14. The summed E-state index contributed by atoms with van der Waals surface area (Å²) in [7, 11) is 0. The largest absolute Gasteiger partial charge is 0.370 e. The lowest BCUT2D eigenvalue weighted by Gasteiger charge is -2.08. The first-order valence-electron chi connectivity index (χ1n) is 6.06. The Hall–Kier alpha value is -2.14. The first kappa shape index (κ1) is 14.3. The van der Waals surface area contributed by atoms with E-state index in [4.69, 9.17) is 11.6 Å². The molecule has 1 amide bonds. The summed E-state index contributed by atoms with van der Waals surface area (Å²) in [6.07, 6.45) is 1.52. The van der Waals surface area contributed by atoms with Crippen molar-refractivity contribution in [2.75, 3.05) is 17.2 Å². The Balaban J connectivity index is 2.19. The molecule has 2 aromatic rings. The van der Waals surface area contributed by atoms with Crippen LogP contribution in [0.2, 0.25) is 5.02 Å². The number of nitrogens with one attached hydrogen (secondary N) is 2. The molecule has 6 heteroatoms. The molecule has 0 saturated heterocycles. The zero-order valence-electron chi connectivity index (χ0n) is 10.8. The van der Waals surface area contributed by atoms with E-state index in [1.807, 2.05) is 6.92 Å². The van der Waals surface area contributed by atoms with Crippen LogP contribution in [0.1, 0.15) is 17.3 Å². The van der Waals surface area contributed by atoms with Gasteiger partial charge in [0.15, 0.2) is 0 Å². The average molecular weight is 294 g/mol. The number of amides is 1. The Morgan fingerprint density at radius 3 is 2.90 bits per heavy atom. The van der Waals surface area contributed by atoms with Gasteiger partial charge >= 0.3 is 0 Å². The van der Waals surface area contributed by atoms with Crippen molar-refractivity contribution in [2.45, 2.75) is 6.92 Å². The summed E-state index contributed by atoms with van der Waals surface area (Å²) in [5.41, 5.74) is 0.430. The topological polar surface area (TPSA) is 54.0 Å². The van der Waals surface area contributed by atoms with Crippen molar-refractivity contribution >= 4 is 29.0 Å². The molecule has 20 heavy (non-hydrogen) atoms. The molecular formula is C14H13ClFN3O. The van der Waals surface area contributed by atoms with Crippen LogP contribution in [0.15, 0.2) is 36.5 Å². The van der Waals surface area contributed by atoms with Crippen LogP contribution in [0.4, 0.5) is 15.9 Å².